The summed E-state index contributed by atoms with van der Waals surface area (Å²) >= 11 is 1.73. The Morgan fingerprint density at radius 2 is 1.44 bits per heavy atom. The van der Waals surface area contributed by atoms with Gasteiger partial charge in [0.25, 0.3) is 0 Å². The number of aliphatic hydroxyl groups excluding tert-OH is 1. The van der Waals surface area contributed by atoms with E-state index in [9.17, 15) is 5.11 Å². The van der Waals surface area contributed by atoms with Gasteiger partial charge in [0.1, 0.15) is 0 Å². The fraction of sp³-hybridized carbons (Fsp3) is 0.143. The number of benzene rings is 2. The van der Waals surface area contributed by atoms with Gasteiger partial charge in [-0.05, 0) is 36.8 Å². The molecule has 0 bridgehead atoms. The third-order valence-electron chi connectivity index (χ3n) is 2.34. The summed E-state index contributed by atoms with van der Waals surface area (Å²) in [5, 5.41) is 9.40. The van der Waals surface area contributed by atoms with Gasteiger partial charge >= 0.3 is 0 Å². The first-order chi connectivity index (χ1) is 7.75. The zero-order chi connectivity index (χ0) is 11.4. The molecule has 0 aliphatic rings. The van der Waals surface area contributed by atoms with Gasteiger partial charge in [0, 0.05) is 9.79 Å². The summed E-state index contributed by atoms with van der Waals surface area (Å²) in [5.41, 5.74) is 0.956. The summed E-state index contributed by atoms with van der Waals surface area (Å²) in [6.45, 7) is 1.78. The van der Waals surface area contributed by atoms with Gasteiger partial charge in [0.05, 0.1) is 6.10 Å². The van der Waals surface area contributed by atoms with Gasteiger partial charge in [0.15, 0.2) is 0 Å². The number of rotatable bonds is 3. The Labute approximate surface area is 100 Å². The first kappa shape index (κ1) is 11.2. The third-order valence-corrected chi connectivity index (χ3v) is 3.36. The molecular formula is C14H14OS. The van der Waals surface area contributed by atoms with E-state index in [0.29, 0.717) is 0 Å². The van der Waals surface area contributed by atoms with Crippen molar-refractivity contribution in [2.24, 2.45) is 0 Å². The molecule has 2 rings (SSSR count). The minimum absolute atomic E-state index is 0.393. The second kappa shape index (κ2) is 5.19. The molecule has 0 unspecified atom stereocenters. The molecule has 1 N–H and O–H groups in total. The van der Waals surface area contributed by atoms with E-state index in [1.54, 1.807) is 18.7 Å². The van der Waals surface area contributed by atoms with E-state index in [1.807, 2.05) is 42.5 Å². The molecule has 2 aromatic carbocycles. The smallest absolute Gasteiger partial charge is 0.0761 e. The number of aliphatic hydroxyl groups is 1. The highest BCUT2D eigenvalue weighted by molar-refractivity contribution is 7.99. The molecule has 16 heavy (non-hydrogen) atoms. The van der Waals surface area contributed by atoms with Gasteiger partial charge in [-0.1, -0.05) is 42.1 Å². The fourth-order valence-corrected chi connectivity index (χ4v) is 2.28. The molecule has 1 atom stereocenters. The van der Waals surface area contributed by atoms with Gasteiger partial charge in [0.2, 0.25) is 0 Å². The molecule has 0 aliphatic heterocycles. The topological polar surface area (TPSA) is 20.2 Å². The third kappa shape index (κ3) is 2.87. The average molecular weight is 230 g/mol. The lowest BCUT2D eigenvalue weighted by atomic mass is 10.1. The first-order valence-electron chi connectivity index (χ1n) is 5.26. The van der Waals surface area contributed by atoms with Gasteiger partial charge in [-0.25, -0.2) is 0 Å². The largest absolute Gasteiger partial charge is 0.389 e. The van der Waals surface area contributed by atoms with Crippen LogP contribution in [0.15, 0.2) is 64.4 Å². The lowest BCUT2D eigenvalue weighted by Crippen LogP contribution is -1.89. The van der Waals surface area contributed by atoms with E-state index >= 15 is 0 Å². The van der Waals surface area contributed by atoms with Gasteiger partial charge in [-0.3, -0.25) is 0 Å². The Bertz CT molecular complexity index is 434. The minimum atomic E-state index is -0.393. The summed E-state index contributed by atoms with van der Waals surface area (Å²) in [4.78, 5) is 2.42. The number of hydrogen-bond donors (Lipinski definition) is 1. The van der Waals surface area contributed by atoms with Crippen LogP contribution in [-0.4, -0.2) is 5.11 Å². The molecule has 0 heterocycles. The molecule has 2 aromatic rings. The average Bonchev–Trinajstić information content (AvgIpc) is 2.31. The van der Waals surface area contributed by atoms with Crippen LogP contribution in [0, 0.1) is 0 Å². The van der Waals surface area contributed by atoms with Crippen LogP contribution in [0.25, 0.3) is 0 Å². The van der Waals surface area contributed by atoms with Crippen LogP contribution in [-0.2, 0) is 0 Å². The number of hydrogen-bond acceptors (Lipinski definition) is 2. The molecule has 0 saturated heterocycles. The molecule has 2 heteroatoms. The van der Waals surface area contributed by atoms with Crippen LogP contribution in [0.3, 0.4) is 0 Å². The van der Waals surface area contributed by atoms with Crippen molar-refractivity contribution in [3.63, 3.8) is 0 Å². The van der Waals surface area contributed by atoms with E-state index in [4.69, 9.17) is 0 Å². The molecule has 0 spiro atoms. The van der Waals surface area contributed by atoms with Crippen molar-refractivity contribution in [1.29, 1.82) is 0 Å². The van der Waals surface area contributed by atoms with Crippen LogP contribution in [0.5, 0.6) is 0 Å². The summed E-state index contributed by atoms with van der Waals surface area (Å²) < 4.78 is 0. The van der Waals surface area contributed by atoms with E-state index < -0.39 is 6.10 Å². The van der Waals surface area contributed by atoms with Crippen molar-refractivity contribution in [3.8, 4) is 0 Å². The normalized spacial score (nSPS) is 12.4. The van der Waals surface area contributed by atoms with Gasteiger partial charge < -0.3 is 5.11 Å². The molecular weight excluding hydrogens is 216 g/mol. The van der Waals surface area contributed by atoms with Crippen molar-refractivity contribution in [2.75, 3.05) is 0 Å². The molecule has 0 saturated carbocycles. The predicted octanol–water partition coefficient (Wildman–Crippen LogP) is 3.89. The highest BCUT2D eigenvalue weighted by Gasteiger charge is 2.01. The molecule has 0 radical (unpaired) electrons. The second-order valence-corrected chi connectivity index (χ2v) is 4.81. The Morgan fingerprint density at radius 1 is 0.875 bits per heavy atom. The highest BCUT2D eigenvalue weighted by atomic mass is 32.2. The van der Waals surface area contributed by atoms with Gasteiger partial charge in [-0.15, -0.1) is 0 Å². The maximum atomic E-state index is 9.40. The molecule has 1 nitrogen and oxygen atoms in total. The van der Waals surface area contributed by atoms with Crippen molar-refractivity contribution in [3.05, 3.63) is 60.2 Å². The first-order valence-corrected chi connectivity index (χ1v) is 6.08. The molecule has 0 amide bonds. The van der Waals surface area contributed by atoms with E-state index in [1.165, 1.54) is 9.79 Å². The second-order valence-electron chi connectivity index (χ2n) is 3.66. The van der Waals surface area contributed by atoms with Crippen LogP contribution in [0.2, 0.25) is 0 Å². The van der Waals surface area contributed by atoms with Crippen LogP contribution < -0.4 is 0 Å². The molecule has 82 valence electrons. The summed E-state index contributed by atoms with van der Waals surface area (Å²) in [5.74, 6) is 0. The minimum Gasteiger partial charge on any atom is -0.389 e. The zero-order valence-electron chi connectivity index (χ0n) is 9.13. The molecule has 0 aliphatic carbocycles. The molecule has 0 aromatic heterocycles. The fourth-order valence-electron chi connectivity index (χ4n) is 1.44. The van der Waals surface area contributed by atoms with Gasteiger partial charge in [-0.2, -0.15) is 0 Å². The van der Waals surface area contributed by atoms with Crippen molar-refractivity contribution < 1.29 is 5.11 Å². The van der Waals surface area contributed by atoms with E-state index in [0.717, 1.165) is 5.56 Å². The van der Waals surface area contributed by atoms with Crippen molar-refractivity contribution >= 4 is 11.8 Å². The Hall–Kier alpha value is -1.25. The Kier molecular flexibility index (Phi) is 3.65. The van der Waals surface area contributed by atoms with E-state index in [2.05, 4.69) is 12.1 Å². The predicted molar refractivity (Wildman–Crippen MR) is 67.6 cm³/mol. The van der Waals surface area contributed by atoms with Crippen LogP contribution in [0.4, 0.5) is 0 Å². The maximum absolute atomic E-state index is 9.40. The lowest BCUT2D eigenvalue weighted by molar-refractivity contribution is 0.199. The zero-order valence-corrected chi connectivity index (χ0v) is 9.95. The van der Waals surface area contributed by atoms with E-state index in [-0.39, 0.29) is 0 Å². The van der Waals surface area contributed by atoms with Crippen molar-refractivity contribution in [1.82, 2.24) is 0 Å². The molecule has 0 fully saturated rings. The summed E-state index contributed by atoms with van der Waals surface area (Å²) in [6.07, 6.45) is -0.393. The monoisotopic (exact) mass is 230 g/mol. The SMILES string of the molecule is C[C@H](O)c1ccc(Sc2ccccc2)cc1. The standard InChI is InChI=1S/C14H14OS/c1-11(15)12-7-9-14(10-8-12)16-13-5-3-2-4-6-13/h2-11,15H,1H3/t11-/m0/s1. The lowest BCUT2D eigenvalue weighted by Gasteiger charge is -2.06. The van der Waals surface area contributed by atoms with Crippen LogP contribution >= 0.6 is 11.8 Å². The van der Waals surface area contributed by atoms with Crippen molar-refractivity contribution in [2.45, 2.75) is 22.8 Å². The Balaban J connectivity index is 2.11. The quantitative estimate of drug-likeness (QED) is 0.863. The highest BCUT2D eigenvalue weighted by Crippen LogP contribution is 2.28. The van der Waals surface area contributed by atoms with Crippen LogP contribution in [0.1, 0.15) is 18.6 Å². The maximum Gasteiger partial charge on any atom is 0.0761 e. The Morgan fingerprint density at radius 3 is 2.00 bits per heavy atom. The summed E-state index contributed by atoms with van der Waals surface area (Å²) in [6, 6.07) is 18.3. The summed E-state index contributed by atoms with van der Waals surface area (Å²) in [7, 11) is 0.